The van der Waals surface area contributed by atoms with Crippen LogP contribution >= 0.6 is 0 Å². The van der Waals surface area contributed by atoms with Crippen molar-refractivity contribution in [1.82, 2.24) is 4.31 Å². The molecule has 1 amide bonds. The molecule has 1 saturated heterocycles. The highest BCUT2D eigenvalue weighted by atomic mass is 32.2. The zero-order chi connectivity index (χ0) is 21.3. The largest absolute Gasteiger partial charge is 0.326 e. The van der Waals surface area contributed by atoms with Crippen molar-refractivity contribution >= 4 is 21.6 Å². The number of anilines is 1. The summed E-state index contributed by atoms with van der Waals surface area (Å²) in [6, 6.07) is 6.77. The van der Waals surface area contributed by atoms with Crippen LogP contribution in [0.3, 0.4) is 0 Å². The van der Waals surface area contributed by atoms with Crippen LogP contribution in [0.25, 0.3) is 0 Å². The lowest BCUT2D eigenvalue weighted by Gasteiger charge is -2.32. The summed E-state index contributed by atoms with van der Waals surface area (Å²) in [5.41, 5.74) is 2.48. The molecule has 5 nitrogen and oxygen atoms in total. The first-order valence-electron chi connectivity index (χ1n) is 9.43. The van der Waals surface area contributed by atoms with E-state index in [9.17, 15) is 22.0 Å². The molecule has 2 aromatic rings. The first-order valence-corrected chi connectivity index (χ1v) is 10.9. The van der Waals surface area contributed by atoms with Crippen LogP contribution in [0.4, 0.5) is 14.5 Å². The van der Waals surface area contributed by atoms with Crippen LogP contribution in [-0.4, -0.2) is 31.7 Å². The second kappa shape index (κ2) is 8.20. The van der Waals surface area contributed by atoms with E-state index in [1.165, 1.54) is 10.4 Å². The first kappa shape index (κ1) is 21.4. The smallest absolute Gasteiger partial charge is 0.243 e. The number of sulfonamides is 1. The fourth-order valence-electron chi connectivity index (χ4n) is 3.90. The Kier molecular flexibility index (Phi) is 6.05. The number of rotatable bonds is 4. The van der Waals surface area contributed by atoms with Crippen molar-refractivity contribution in [1.29, 1.82) is 0 Å². The van der Waals surface area contributed by atoms with Gasteiger partial charge in [-0.2, -0.15) is 4.31 Å². The minimum absolute atomic E-state index is 0.0462. The zero-order valence-electron chi connectivity index (χ0n) is 16.6. The molecule has 0 radical (unpaired) electrons. The standard InChI is InChI=1S/C21H24F2N2O3S/c1-13-9-14(2)20(15(3)10-13)29(27,28)25-8-4-5-16(12-25)21(26)24-17-6-7-18(22)19(23)11-17/h6-7,9-11,16H,4-5,8,12H2,1-3H3,(H,24,26)/t16-/m1/s1. The summed E-state index contributed by atoms with van der Waals surface area (Å²) in [5.74, 6) is -3.03. The summed E-state index contributed by atoms with van der Waals surface area (Å²) in [6.45, 7) is 5.83. The predicted octanol–water partition coefficient (Wildman–Crippen LogP) is 3.93. The maximum Gasteiger partial charge on any atom is 0.243 e. The number of hydrogen-bond donors (Lipinski definition) is 1. The number of carbonyl (C=O) groups excluding carboxylic acids is 1. The van der Waals surface area contributed by atoms with Gasteiger partial charge in [0.15, 0.2) is 11.6 Å². The first-order chi connectivity index (χ1) is 13.6. The molecule has 0 unspecified atom stereocenters. The highest BCUT2D eigenvalue weighted by Gasteiger charge is 2.35. The number of amides is 1. The van der Waals surface area contributed by atoms with Crippen LogP contribution in [0, 0.1) is 38.3 Å². The molecule has 0 aliphatic carbocycles. The van der Waals surface area contributed by atoms with Crippen LogP contribution in [-0.2, 0) is 14.8 Å². The van der Waals surface area contributed by atoms with Crippen LogP contribution in [0.15, 0.2) is 35.2 Å². The molecule has 2 aromatic carbocycles. The summed E-state index contributed by atoms with van der Waals surface area (Å²) in [6.07, 6.45) is 1.06. The molecule has 156 valence electrons. The molecule has 1 aliphatic rings. The van der Waals surface area contributed by atoms with E-state index in [2.05, 4.69) is 5.32 Å². The van der Waals surface area contributed by atoms with Crippen molar-refractivity contribution in [2.45, 2.75) is 38.5 Å². The van der Waals surface area contributed by atoms with Gasteiger partial charge in [0.05, 0.1) is 10.8 Å². The van der Waals surface area contributed by atoms with E-state index in [4.69, 9.17) is 0 Å². The third-order valence-electron chi connectivity index (χ3n) is 5.14. The SMILES string of the molecule is Cc1cc(C)c(S(=O)(=O)N2CCC[C@@H](C(=O)Nc3ccc(F)c(F)c3)C2)c(C)c1. The topological polar surface area (TPSA) is 66.5 Å². The highest BCUT2D eigenvalue weighted by Crippen LogP contribution is 2.29. The number of benzene rings is 2. The minimum Gasteiger partial charge on any atom is -0.326 e. The van der Waals surface area contributed by atoms with Crippen molar-refractivity contribution in [2.75, 3.05) is 18.4 Å². The van der Waals surface area contributed by atoms with Gasteiger partial charge < -0.3 is 5.32 Å². The molecule has 0 saturated carbocycles. The Morgan fingerprint density at radius 2 is 1.72 bits per heavy atom. The van der Waals surface area contributed by atoms with E-state index in [1.54, 1.807) is 13.8 Å². The number of nitrogens with zero attached hydrogens (tertiary/aromatic N) is 1. The predicted molar refractivity (Wildman–Crippen MR) is 107 cm³/mol. The summed E-state index contributed by atoms with van der Waals surface area (Å²) >= 11 is 0. The normalized spacial score (nSPS) is 17.9. The van der Waals surface area contributed by atoms with Crippen molar-refractivity contribution < 1.29 is 22.0 Å². The lowest BCUT2D eigenvalue weighted by molar-refractivity contribution is -0.120. The van der Waals surface area contributed by atoms with E-state index in [0.717, 1.165) is 17.7 Å². The molecule has 1 atom stereocenters. The lowest BCUT2D eigenvalue weighted by atomic mass is 9.98. The fraction of sp³-hybridized carbons (Fsp3) is 0.381. The number of carbonyl (C=O) groups is 1. The van der Waals surface area contributed by atoms with Crippen molar-refractivity contribution in [3.8, 4) is 0 Å². The third-order valence-corrected chi connectivity index (χ3v) is 7.32. The Morgan fingerprint density at radius 3 is 2.34 bits per heavy atom. The maximum atomic E-state index is 13.4. The van der Waals surface area contributed by atoms with Gasteiger partial charge in [-0.05, 0) is 56.9 Å². The van der Waals surface area contributed by atoms with Crippen LogP contribution in [0.5, 0.6) is 0 Å². The fourth-order valence-corrected chi connectivity index (χ4v) is 5.83. The average molecular weight is 422 g/mol. The van der Waals surface area contributed by atoms with Crippen molar-refractivity contribution in [3.05, 3.63) is 58.7 Å². The zero-order valence-corrected chi connectivity index (χ0v) is 17.4. The quantitative estimate of drug-likeness (QED) is 0.812. The molecule has 1 heterocycles. The van der Waals surface area contributed by atoms with Gasteiger partial charge in [-0.25, -0.2) is 17.2 Å². The molecular formula is C21H24F2N2O3S. The van der Waals surface area contributed by atoms with Crippen LogP contribution < -0.4 is 5.32 Å². The van der Waals surface area contributed by atoms with Gasteiger partial charge >= 0.3 is 0 Å². The van der Waals surface area contributed by atoms with Crippen molar-refractivity contribution in [3.63, 3.8) is 0 Å². The number of halogens is 2. The lowest BCUT2D eigenvalue weighted by Crippen LogP contribution is -2.44. The Bertz CT molecular complexity index is 1030. The van der Waals surface area contributed by atoms with Gasteiger partial charge in [0.25, 0.3) is 0 Å². The van der Waals surface area contributed by atoms with Gasteiger partial charge in [-0.1, -0.05) is 17.7 Å². The number of aryl methyl sites for hydroxylation is 3. The van der Waals surface area contributed by atoms with Gasteiger partial charge in [-0.3, -0.25) is 4.79 Å². The van der Waals surface area contributed by atoms with Gasteiger partial charge in [0.2, 0.25) is 15.9 Å². The average Bonchev–Trinajstić information content (AvgIpc) is 2.63. The molecule has 1 fully saturated rings. The van der Waals surface area contributed by atoms with Gasteiger partial charge in [0, 0.05) is 24.8 Å². The summed E-state index contributed by atoms with van der Waals surface area (Å²) in [7, 11) is -3.75. The number of nitrogens with one attached hydrogen (secondary N) is 1. The number of hydrogen-bond acceptors (Lipinski definition) is 3. The van der Waals surface area contributed by atoms with Crippen molar-refractivity contribution in [2.24, 2.45) is 5.92 Å². The third kappa shape index (κ3) is 4.48. The van der Waals surface area contributed by atoms with Crippen LogP contribution in [0.1, 0.15) is 29.5 Å². The van der Waals surface area contributed by atoms with E-state index in [0.29, 0.717) is 30.5 Å². The van der Waals surface area contributed by atoms with E-state index in [1.807, 2.05) is 19.1 Å². The summed E-state index contributed by atoms with van der Waals surface area (Å²) < 4.78 is 54.3. The molecular weight excluding hydrogens is 398 g/mol. The molecule has 0 bridgehead atoms. The van der Waals surface area contributed by atoms with E-state index >= 15 is 0 Å². The maximum absolute atomic E-state index is 13.4. The van der Waals surface area contributed by atoms with Gasteiger partial charge in [-0.15, -0.1) is 0 Å². The van der Waals surface area contributed by atoms with E-state index < -0.39 is 33.5 Å². The summed E-state index contributed by atoms with van der Waals surface area (Å²) in [4.78, 5) is 12.9. The summed E-state index contributed by atoms with van der Waals surface area (Å²) in [5, 5.41) is 2.55. The molecule has 29 heavy (non-hydrogen) atoms. The Morgan fingerprint density at radius 1 is 1.07 bits per heavy atom. The Hall–Kier alpha value is -2.32. The molecule has 0 aromatic heterocycles. The molecule has 0 spiro atoms. The minimum atomic E-state index is -3.75. The number of piperidine rings is 1. The Balaban J connectivity index is 1.79. The molecule has 1 N–H and O–H groups in total. The highest BCUT2D eigenvalue weighted by molar-refractivity contribution is 7.89. The van der Waals surface area contributed by atoms with Gasteiger partial charge in [0.1, 0.15) is 0 Å². The second-order valence-corrected chi connectivity index (χ2v) is 9.42. The second-order valence-electron chi connectivity index (χ2n) is 7.55. The Labute approximate surface area is 169 Å². The van der Waals surface area contributed by atoms with E-state index in [-0.39, 0.29) is 17.1 Å². The molecule has 3 rings (SSSR count). The molecule has 1 aliphatic heterocycles. The van der Waals surface area contributed by atoms with Crippen LogP contribution in [0.2, 0.25) is 0 Å². The molecule has 8 heteroatoms. The monoisotopic (exact) mass is 422 g/mol.